The number of rotatable bonds is 8. The molecule has 1 rings (SSSR count). The van der Waals surface area contributed by atoms with Gasteiger partial charge < -0.3 is 20.3 Å². The van der Waals surface area contributed by atoms with Crippen LogP contribution in [-0.2, 0) is 4.79 Å². The van der Waals surface area contributed by atoms with Crippen LogP contribution in [-0.4, -0.2) is 49.6 Å². The molecule has 0 aliphatic rings. The molecule has 6 nitrogen and oxygen atoms in total. The Kier molecular flexibility index (Phi) is 8.14. The van der Waals surface area contributed by atoms with Crippen molar-refractivity contribution in [3.8, 4) is 5.75 Å². The van der Waals surface area contributed by atoms with Crippen molar-refractivity contribution in [2.75, 3.05) is 32.8 Å². The molecule has 0 bridgehead atoms. The molecule has 0 fully saturated rings. The molecule has 3 amide bonds. The molecule has 22 heavy (non-hydrogen) atoms. The maximum Gasteiger partial charge on any atom is 0.317 e. The summed E-state index contributed by atoms with van der Waals surface area (Å²) >= 11 is 5.75. The van der Waals surface area contributed by atoms with Crippen LogP contribution in [0.2, 0.25) is 5.02 Å². The van der Waals surface area contributed by atoms with Crippen molar-refractivity contribution in [3.05, 3.63) is 29.3 Å². The molecule has 0 unspecified atom stereocenters. The summed E-state index contributed by atoms with van der Waals surface area (Å²) in [5.74, 6) is 0.335. The number of nitrogens with one attached hydrogen (secondary N) is 2. The smallest absolute Gasteiger partial charge is 0.317 e. The van der Waals surface area contributed by atoms with Gasteiger partial charge in [-0.25, -0.2) is 4.79 Å². The fourth-order valence-corrected chi connectivity index (χ4v) is 1.85. The van der Waals surface area contributed by atoms with E-state index in [0.717, 1.165) is 0 Å². The Balaban J connectivity index is 2.16. The van der Waals surface area contributed by atoms with Crippen molar-refractivity contribution in [2.24, 2.45) is 0 Å². The summed E-state index contributed by atoms with van der Waals surface area (Å²) in [7, 11) is 0. The van der Waals surface area contributed by atoms with Gasteiger partial charge in [-0.05, 0) is 38.1 Å². The van der Waals surface area contributed by atoms with E-state index in [2.05, 4.69) is 10.6 Å². The van der Waals surface area contributed by atoms with Gasteiger partial charge in [-0.3, -0.25) is 4.79 Å². The van der Waals surface area contributed by atoms with Crippen molar-refractivity contribution in [1.29, 1.82) is 0 Å². The Hall–Kier alpha value is -1.95. The average Bonchev–Trinajstić information content (AvgIpc) is 2.52. The Labute approximate surface area is 135 Å². The van der Waals surface area contributed by atoms with E-state index >= 15 is 0 Å². The average molecular weight is 328 g/mol. The van der Waals surface area contributed by atoms with E-state index in [1.807, 2.05) is 13.8 Å². The van der Waals surface area contributed by atoms with Crippen LogP contribution in [0.25, 0.3) is 0 Å². The first-order valence-corrected chi connectivity index (χ1v) is 7.62. The highest BCUT2D eigenvalue weighted by atomic mass is 35.5. The highest BCUT2D eigenvalue weighted by Gasteiger charge is 2.08. The van der Waals surface area contributed by atoms with Crippen LogP contribution in [0.5, 0.6) is 5.75 Å². The van der Waals surface area contributed by atoms with Crippen LogP contribution in [0.15, 0.2) is 24.3 Å². The van der Waals surface area contributed by atoms with E-state index in [9.17, 15) is 9.59 Å². The first-order valence-electron chi connectivity index (χ1n) is 7.24. The third-order valence-electron chi connectivity index (χ3n) is 2.96. The van der Waals surface area contributed by atoms with Gasteiger partial charge in [0.1, 0.15) is 5.75 Å². The van der Waals surface area contributed by atoms with Crippen molar-refractivity contribution in [2.45, 2.75) is 13.8 Å². The Morgan fingerprint density at radius 1 is 1.09 bits per heavy atom. The molecular formula is C15H22ClN3O3. The molecule has 0 aliphatic carbocycles. The highest BCUT2D eigenvalue weighted by molar-refractivity contribution is 6.30. The zero-order valence-electron chi connectivity index (χ0n) is 12.9. The van der Waals surface area contributed by atoms with Crippen LogP contribution < -0.4 is 15.4 Å². The van der Waals surface area contributed by atoms with Crippen molar-refractivity contribution in [1.82, 2.24) is 15.5 Å². The Morgan fingerprint density at radius 2 is 1.68 bits per heavy atom. The Bertz CT molecular complexity index is 475. The molecule has 0 saturated carbocycles. The lowest BCUT2D eigenvalue weighted by Crippen LogP contribution is -2.43. The van der Waals surface area contributed by atoms with Crippen molar-refractivity contribution in [3.63, 3.8) is 0 Å². The van der Waals surface area contributed by atoms with Gasteiger partial charge in [0.15, 0.2) is 6.61 Å². The number of hydrogen-bond acceptors (Lipinski definition) is 3. The summed E-state index contributed by atoms with van der Waals surface area (Å²) in [5.41, 5.74) is 0. The van der Waals surface area contributed by atoms with Gasteiger partial charge in [-0.2, -0.15) is 0 Å². The summed E-state index contributed by atoms with van der Waals surface area (Å²) in [6, 6.07) is 6.64. The third kappa shape index (κ3) is 6.67. The van der Waals surface area contributed by atoms with E-state index in [-0.39, 0.29) is 18.5 Å². The normalized spacial score (nSPS) is 9.95. The molecule has 0 aliphatic heterocycles. The maximum atomic E-state index is 11.7. The topological polar surface area (TPSA) is 70.7 Å². The number of urea groups is 1. The van der Waals surface area contributed by atoms with E-state index < -0.39 is 0 Å². The molecule has 0 aromatic heterocycles. The number of halogens is 1. The number of hydrogen-bond donors (Lipinski definition) is 2. The van der Waals surface area contributed by atoms with Crippen molar-refractivity contribution < 1.29 is 14.3 Å². The second-order valence-electron chi connectivity index (χ2n) is 4.50. The summed E-state index contributed by atoms with van der Waals surface area (Å²) in [4.78, 5) is 24.9. The molecule has 0 saturated heterocycles. The molecule has 1 aromatic carbocycles. The standard InChI is InChI=1S/C15H22ClN3O3/c1-3-19(4-2)15(21)18-10-9-17-14(20)11-22-13-7-5-12(16)6-8-13/h5-8H,3-4,9-11H2,1-2H3,(H,17,20)(H,18,21). The third-order valence-corrected chi connectivity index (χ3v) is 3.21. The lowest BCUT2D eigenvalue weighted by atomic mass is 10.3. The van der Waals surface area contributed by atoms with Crippen LogP contribution in [0, 0.1) is 0 Å². The second-order valence-corrected chi connectivity index (χ2v) is 4.93. The fraction of sp³-hybridized carbons (Fsp3) is 0.467. The Morgan fingerprint density at radius 3 is 2.27 bits per heavy atom. The quantitative estimate of drug-likeness (QED) is 0.716. The number of benzene rings is 1. The minimum Gasteiger partial charge on any atom is -0.484 e. The SMILES string of the molecule is CCN(CC)C(=O)NCCNC(=O)COc1ccc(Cl)cc1. The van der Waals surface area contributed by atoms with Crippen LogP contribution in [0.3, 0.4) is 0 Å². The van der Waals surface area contributed by atoms with Gasteiger partial charge >= 0.3 is 6.03 Å². The number of carbonyl (C=O) groups excluding carboxylic acids is 2. The number of ether oxygens (including phenoxy) is 1. The van der Waals surface area contributed by atoms with Gasteiger partial charge in [0.25, 0.3) is 5.91 Å². The molecule has 0 spiro atoms. The lowest BCUT2D eigenvalue weighted by Gasteiger charge is -2.19. The molecule has 0 atom stereocenters. The van der Waals surface area contributed by atoms with Gasteiger partial charge in [0.2, 0.25) is 0 Å². The molecular weight excluding hydrogens is 306 g/mol. The molecule has 0 heterocycles. The predicted molar refractivity (Wildman–Crippen MR) is 86.3 cm³/mol. The first kappa shape index (κ1) is 18.1. The van der Waals surface area contributed by atoms with Gasteiger partial charge in [-0.1, -0.05) is 11.6 Å². The predicted octanol–water partition coefficient (Wildman–Crippen LogP) is 1.89. The van der Waals surface area contributed by atoms with Gasteiger partial charge in [-0.15, -0.1) is 0 Å². The molecule has 1 aromatic rings. The zero-order valence-corrected chi connectivity index (χ0v) is 13.7. The summed E-state index contributed by atoms with van der Waals surface area (Å²) in [6.07, 6.45) is 0. The number of nitrogens with zero attached hydrogens (tertiary/aromatic N) is 1. The highest BCUT2D eigenvalue weighted by Crippen LogP contribution is 2.15. The molecule has 122 valence electrons. The number of carbonyl (C=O) groups is 2. The summed E-state index contributed by atoms with van der Waals surface area (Å²) < 4.78 is 5.31. The van der Waals surface area contributed by atoms with Crippen LogP contribution in [0.1, 0.15) is 13.8 Å². The van der Waals surface area contributed by atoms with Gasteiger partial charge in [0, 0.05) is 31.2 Å². The van der Waals surface area contributed by atoms with E-state index in [1.165, 1.54) is 0 Å². The maximum absolute atomic E-state index is 11.7. The lowest BCUT2D eigenvalue weighted by molar-refractivity contribution is -0.123. The first-order chi connectivity index (χ1) is 10.6. The van der Waals surface area contributed by atoms with Crippen LogP contribution >= 0.6 is 11.6 Å². The minimum atomic E-state index is -0.243. The van der Waals surface area contributed by atoms with E-state index in [0.29, 0.717) is 37.0 Å². The molecule has 0 radical (unpaired) electrons. The van der Waals surface area contributed by atoms with Gasteiger partial charge in [0.05, 0.1) is 0 Å². The summed E-state index contributed by atoms with van der Waals surface area (Å²) in [5, 5.41) is 6.02. The van der Waals surface area contributed by atoms with E-state index in [4.69, 9.17) is 16.3 Å². The fourth-order valence-electron chi connectivity index (χ4n) is 1.72. The largest absolute Gasteiger partial charge is 0.484 e. The summed E-state index contributed by atoms with van der Waals surface area (Å²) in [6.45, 7) is 5.80. The van der Waals surface area contributed by atoms with Crippen LogP contribution in [0.4, 0.5) is 4.79 Å². The van der Waals surface area contributed by atoms with E-state index in [1.54, 1.807) is 29.2 Å². The minimum absolute atomic E-state index is 0.0778. The van der Waals surface area contributed by atoms with Crippen molar-refractivity contribution >= 4 is 23.5 Å². The zero-order chi connectivity index (χ0) is 16.4. The monoisotopic (exact) mass is 327 g/mol. The molecule has 2 N–H and O–H groups in total. The molecule has 7 heteroatoms. The number of amides is 3. The second kappa shape index (κ2) is 9.89.